The lowest BCUT2D eigenvalue weighted by Gasteiger charge is -2.56. The van der Waals surface area contributed by atoms with Crippen LogP contribution in [0, 0.1) is 34.8 Å². The second-order valence-electron chi connectivity index (χ2n) is 11.8. The SMILES string of the molecule is Cc1ccc(C(=O)N2CCN(c3ccc(C(=O)NC45CC6CC(CC(C6)C4)C5)cc3[N+](=O)[O-])CC2)cc1. The minimum absolute atomic E-state index is 0.0224. The van der Waals surface area contributed by atoms with Crippen molar-refractivity contribution in [3.05, 3.63) is 69.3 Å². The molecule has 5 fully saturated rings. The lowest BCUT2D eigenvalue weighted by molar-refractivity contribution is -0.384. The van der Waals surface area contributed by atoms with Crippen LogP contribution in [0.2, 0.25) is 0 Å². The summed E-state index contributed by atoms with van der Waals surface area (Å²) in [6.45, 7) is 3.95. The van der Waals surface area contributed by atoms with Crippen LogP contribution >= 0.6 is 0 Å². The molecule has 0 atom stereocenters. The van der Waals surface area contributed by atoms with Gasteiger partial charge >= 0.3 is 0 Å². The molecule has 4 bridgehead atoms. The van der Waals surface area contributed by atoms with E-state index in [-0.39, 0.29) is 23.0 Å². The fourth-order valence-corrected chi connectivity index (χ4v) is 7.68. The lowest BCUT2D eigenvalue weighted by Crippen LogP contribution is -2.59. The maximum absolute atomic E-state index is 13.3. The van der Waals surface area contributed by atoms with E-state index in [1.807, 2.05) is 36.1 Å². The molecule has 4 saturated carbocycles. The third kappa shape index (κ3) is 4.58. The van der Waals surface area contributed by atoms with Crippen LogP contribution in [0.1, 0.15) is 64.8 Å². The molecule has 1 aliphatic heterocycles. The number of nitrogens with one attached hydrogen (secondary N) is 1. The van der Waals surface area contributed by atoms with Crippen LogP contribution in [-0.2, 0) is 0 Å². The van der Waals surface area contributed by atoms with Crippen molar-refractivity contribution in [2.24, 2.45) is 17.8 Å². The first-order valence-electron chi connectivity index (χ1n) is 13.5. The Balaban J connectivity index is 1.14. The molecule has 8 heteroatoms. The predicted octanol–water partition coefficient (Wildman–Crippen LogP) is 4.56. The van der Waals surface area contributed by atoms with E-state index in [1.54, 1.807) is 17.0 Å². The zero-order valence-electron chi connectivity index (χ0n) is 21.3. The predicted molar refractivity (Wildman–Crippen MR) is 141 cm³/mol. The first kappa shape index (κ1) is 23.9. The van der Waals surface area contributed by atoms with Gasteiger partial charge in [-0.05, 0) is 87.5 Å². The number of carbonyl (C=O) groups is 2. The summed E-state index contributed by atoms with van der Waals surface area (Å²) in [6, 6.07) is 12.4. The number of aryl methyl sites for hydroxylation is 1. The van der Waals surface area contributed by atoms with Gasteiger partial charge in [0.1, 0.15) is 5.69 Å². The summed E-state index contributed by atoms with van der Waals surface area (Å²) in [6.07, 6.45) is 6.99. The normalized spacial score (nSPS) is 28.3. The minimum Gasteiger partial charge on any atom is -0.362 e. The molecule has 8 nitrogen and oxygen atoms in total. The number of nitro groups is 1. The van der Waals surface area contributed by atoms with Gasteiger partial charge in [0, 0.05) is 48.9 Å². The van der Waals surface area contributed by atoms with E-state index in [0.29, 0.717) is 60.7 Å². The average Bonchev–Trinajstić information content (AvgIpc) is 2.87. The largest absolute Gasteiger partial charge is 0.362 e. The van der Waals surface area contributed by atoms with Crippen LogP contribution in [0.25, 0.3) is 0 Å². The van der Waals surface area contributed by atoms with Gasteiger partial charge < -0.3 is 15.1 Å². The highest BCUT2D eigenvalue weighted by Gasteiger charge is 2.51. The highest BCUT2D eigenvalue weighted by atomic mass is 16.6. The van der Waals surface area contributed by atoms with Crippen molar-refractivity contribution in [1.29, 1.82) is 0 Å². The van der Waals surface area contributed by atoms with Gasteiger partial charge in [0.2, 0.25) is 0 Å². The van der Waals surface area contributed by atoms with Crippen molar-refractivity contribution in [2.75, 3.05) is 31.1 Å². The quantitative estimate of drug-likeness (QED) is 0.478. The minimum atomic E-state index is -0.402. The van der Waals surface area contributed by atoms with Crippen molar-refractivity contribution in [2.45, 2.75) is 51.0 Å². The van der Waals surface area contributed by atoms with E-state index >= 15 is 0 Å². The summed E-state index contributed by atoms with van der Waals surface area (Å²) in [5.74, 6) is 1.90. The first-order valence-corrected chi connectivity index (χ1v) is 13.5. The van der Waals surface area contributed by atoms with Crippen LogP contribution in [0.15, 0.2) is 42.5 Å². The Morgan fingerprint density at radius 3 is 2.03 bits per heavy atom. The number of amides is 2. The highest BCUT2D eigenvalue weighted by Crippen LogP contribution is 2.55. The van der Waals surface area contributed by atoms with E-state index in [0.717, 1.165) is 24.8 Å². The summed E-state index contributed by atoms with van der Waals surface area (Å²) in [7, 11) is 0. The third-order valence-corrected chi connectivity index (χ3v) is 9.06. The van der Waals surface area contributed by atoms with Crippen molar-refractivity contribution < 1.29 is 14.5 Å². The number of nitrogens with zero attached hydrogens (tertiary/aromatic N) is 3. The molecule has 1 N–H and O–H groups in total. The molecule has 37 heavy (non-hydrogen) atoms. The van der Waals surface area contributed by atoms with E-state index in [4.69, 9.17) is 0 Å². The van der Waals surface area contributed by atoms with Crippen molar-refractivity contribution in [3.63, 3.8) is 0 Å². The maximum Gasteiger partial charge on any atom is 0.293 e. The average molecular weight is 503 g/mol. The molecule has 194 valence electrons. The van der Waals surface area contributed by atoms with Gasteiger partial charge in [-0.15, -0.1) is 0 Å². The van der Waals surface area contributed by atoms with E-state index in [9.17, 15) is 19.7 Å². The summed E-state index contributed by atoms with van der Waals surface area (Å²) >= 11 is 0. The van der Waals surface area contributed by atoms with Crippen LogP contribution in [0.5, 0.6) is 0 Å². The second-order valence-corrected chi connectivity index (χ2v) is 11.8. The number of carbonyl (C=O) groups excluding carboxylic acids is 2. The Kier molecular flexibility index (Phi) is 5.92. The summed E-state index contributed by atoms with van der Waals surface area (Å²) < 4.78 is 0. The number of nitro benzene ring substituents is 1. The molecular weight excluding hydrogens is 468 g/mol. The van der Waals surface area contributed by atoms with Crippen LogP contribution in [-0.4, -0.2) is 53.4 Å². The molecule has 0 radical (unpaired) electrons. The van der Waals surface area contributed by atoms with Crippen molar-refractivity contribution >= 4 is 23.2 Å². The molecule has 1 heterocycles. The monoisotopic (exact) mass is 502 g/mol. The van der Waals surface area contributed by atoms with Gasteiger partial charge in [0.15, 0.2) is 0 Å². The molecule has 2 aromatic rings. The molecule has 4 aliphatic carbocycles. The summed E-state index contributed by atoms with van der Waals surface area (Å²) in [5.41, 5.74) is 2.40. The Morgan fingerprint density at radius 2 is 1.46 bits per heavy atom. The smallest absolute Gasteiger partial charge is 0.293 e. The van der Waals surface area contributed by atoms with Crippen molar-refractivity contribution in [1.82, 2.24) is 10.2 Å². The summed E-state index contributed by atoms with van der Waals surface area (Å²) in [4.78, 5) is 41.5. The Hall–Kier alpha value is -3.42. The standard InChI is InChI=1S/C29H34N4O4/c1-19-2-4-23(5-3-19)28(35)32-10-8-31(9-11-32)25-7-6-24(15-26(25)33(36)37)27(34)30-29-16-20-12-21(17-29)14-22(13-20)18-29/h2-7,15,20-22H,8-14,16-18H2,1H3,(H,30,34). The second kappa shape index (κ2) is 9.15. The number of piperazine rings is 1. The number of hydrogen-bond donors (Lipinski definition) is 1. The van der Waals surface area contributed by atoms with Crippen LogP contribution in [0.3, 0.4) is 0 Å². The van der Waals surface area contributed by atoms with Gasteiger partial charge in [-0.2, -0.15) is 0 Å². The van der Waals surface area contributed by atoms with E-state index in [1.165, 1.54) is 25.3 Å². The molecule has 0 spiro atoms. The highest BCUT2D eigenvalue weighted by molar-refractivity contribution is 5.96. The zero-order chi connectivity index (χ0) is 25.7. The number of anilines is 1. The third-order valence-electron chi connectivity index (χ3n) is 9.06. The topological polar surface area (TPSA) is 95.8 Å². The fraction of sp³-hybridized carbons (Fsp3) is 0.517. The van der Waals surface area contributed by atoms with Crippen molar-refractivity contribution in [3.8, 4) is 0 Å². The van der Waals surface area contributed by atoms with E-state index in [2.05, 4.69) is 5.32 Å². The molecule has 0 unspecified atom stereocenters. The number of rotatable bonds is 5. The number of hydrogen-bond acceptors (Lipinski definition) is 5. The van der Waals surface area contributed by atoms with E-state index < -0.39 is 4.92 Å². The summed E-state index contributed by atoms with van der Waals surface area (Å²) in [5, 5.41) is 15.3. The molecule has 5 aliphatic rings. The Morgan fingerprint density at radius 1 is 0.892 bits per heavy atom. The fourth-order valence-electron chi connectivity index (χ4n) is 7.68. The lowest BCUT2D eigenvalue weighted by atomic mass is 9.53. The number of benzene rings is 2. The van der Waals surface area contributed by atoms with Crippen LogP contribution < -0.4 is 10.2 Å². The molecule has 2 aromatic carbocycles. The molecular formula is C29H34N4O4. The Bertz CT molecular complexity index is 1200. The van der Waals surface area contributed by atoms with Gasteiger partial charge in [0.05, 0.1) is 4.92 Å². The molecule has 0 aromatic heterocycles. The Labute approximate surface area is 217 Å². The van der Waals surface area contributed by atoms with Crippen LogP contribution in [0.4, 0.5) is 11.4 Å². The first-order chi connectivity index (χ1) is 17.8. The van der Waals surface area contributed by atoms with Gasteiger partial charge in [-0.1, -0.05) is 17.7 Å². The molecule has 2 amide bonds. The molecule has 1 saturated heterocycles. The van der Waals surface area contributed by atoms with Gasteiger partial charge in [-0.3, -0.25) is 19.7 Å². The van der Waals surface area contributed by atoms with Gasteiger partial charge in [0.25, 0.3) is 17.5 Å². The van der Waals surface area contributed by atoms with Gasteiger partial charge in [-0.25, -0.2) is 0 Å². The maximum atomic E-state index is 13.3. The molecule has 7 rings (SSSR count). The zero-order valence-corrected chi connectivity index (χ0v) is 21.3.